The summed E-state index contributed by atoms with van der Waals surface area (Å²) in [6.07, 6.45) is 4.17. The third kappa shape index (κ3) is 6.57. The number of benzene rings is 1. The Balaban J connectivity index is 2.12. The van der Waals surface area contributed by atoms with Crippen molar-refractivity contribution >= 4 is 5.91 Å². The third-order valence-corrected chi connectivity index (χ3v) is 3.22. The number of unbranched alkanes of at least 4 members (excludes halogenated alkanes) is 3. The summed E-state index contributed by atoms with van der Waals surface area (Å²) in [4.78, 5) is 10.8. The minimum atomic E-state index is -0.313. The molecule has 0 unspecified atom stereocenters. The van der Waals surface area contributed by atoms with Gasteiger partial charge in [-0.3, -0.25) is 10.0 Å². The molecular formula is C16H25NO3. The monoisotopic (exact) mass is 279 g/mol. The number of hydrogen-bond donors (Lipinski definition) is 2. The highest BCUT2D eigenvalue weighted by molar-refractivity contribution is 5.74. The maximum absolute atomic E-state index is 10.8. The van der Waals surface area contributed by atoms with Crippen molar-refractivity contribution in [3.63, 3.8) is 0 Å². The van der Waals surface area contributed by atoms with Crippen LogP contribution in [0.1, 0.15) is 57.4 Å². The second-order valence-electron chi connectivity index (χ2n) is 5.27. The normalized spacial score (nSPS) is 10.6. The fraction of sp³-hybridized carbons (Fsp3) is 0.562. The lowest BCUT2D eigenvalue weighted by molar-refractivity contribution is -0.129. The number of hydrogen-bond acceptors (Lipinski definition) is 3. The Hall–Kier alpha value is -1.55. The van der Waals surface area contributed by atoms with Gasteiger partial charge in [0, 0.05) is 6.42 Å². The maximum atomic E-state index is 10.8. The Kier molecular flexibility index (Phi) is 7.73. The summed E-state index contributed by atoms with van der Waals surface area (Å²) in [7, 11) is 0. The van der Waals surface area contributed by atoms with Crippen molar-refractivity contribution in [2.24, 2.45) is 0 Å². The molecule has 0 aromatic heterocycles. The molecular weight excluding hydrogens is 254 g/mol. The zero-order valence-corrected chi connectivity index (χ0v) is 12.4. The van der Waals surface area contributed by atoms with Crippen LogP contribution in [0.2, 0.25) is 0 Å². The third-order valence-electron chi connectivity index (χ3n) is 3.22. The van der Waals surface area contributed by atoms with E-state index < -0.39 is 0 Å². The van der Waals surface area contributed by atoms with Gasteiger partial charge in [-0.2, -0.15) is 0 Å². The van der Waals surface area contributed by atoms with Gasteiger partial charge in [-0.05, 0) is 36.5 Å². The van der Waals surface area contributed by atoms with E-state index in [4.69, 9.17) is 9.94 Å². The molecule has 0 heterocycles. The number of carbonyl (C=O) groups is 1. The van der Waals surface area contributed by atoms with Gasteiger partial charge in [0.1, 0.15) is 5.75 Å². The molecule has 0 radical (unpaired) electrons. The molecule has 4 nitrogen and oxygen atoms in total. The standard InChI is InChI=1S/C16H25NO3/c1-13(2)14-8-7-9-15(12-14)20-11-6-4-3-5-10-16(18)17-19/h7-9,12-13,19H,3-6,10-11H2,1-2H3,(H,17,18). The van der Waals surface area contributed by atoms with Crippen LogP contribution in [0.4, 0.5) is 0 Å². The first-order valence-electron chi connectivity index (χ1n) is 7.29. The van der Waals surface area contributed by atoms with Crippen LogP contribution in [-0.4, -0.2) is 17.7 Å². The Morgan fingerprint density at radius 2 is 2.00 bits per heavy atom. The lowest BCUT2D eigenvalue weighted by Gasteiger charge is -2.09. The fourth-order valence-electron chi connectivity index (χ4n) is 1.95. The number of ether oxygens (including phenoxy) is 1. The van der Waals surface area contributed by atoms with Gasteiger partial charge < -0.3 is 4.74 Å². The summed E-state index contributed by atoms with van der Waals surface area (Å²) >= 11 is 0. The average Bonchev–Trinajstić information content (AvgIpc) is 2.46. The van der Waals surface area contributed by atoms with Crippen LogP contribution in [0, 0.1) is 0 Å². The van der Waals surface area contributed by atoms with Crippen molar-refractivity contribution in [2.45, 2.75) is 51.9 Å². The lowest BCUT2D eigenvalue weighted by Crippen LogP contribution is -2.17. The number of hydroxylamine groups is 1. The molecule has 0 spiro atoms. The SMILES string of the molecule is CC(C)c1cccc(OCCCCCCC(=O)NO)c1. The molecule has 0 aliphatic carbocycles. The molecule has 4 heteroatoms. The number of carbonyl (C=O) groups excluding carboxylic acids is 1. The molecule has 1 amide bonds. The zero-order valence-electron chi connectivity index (χ0n) is 12.4. The van der Waals surface area contributed by atoms with E-state index >= 15 is 0 Å². The molecule has 0 saturated carbocycles. The molecule has 0 aliphatic rings. The van der Waals surface area contributed by atoms with E-state index in [0.717, 1.165) is 31.4 Å². The van der Waals surface area contributed by atoms with Crippen LogP contribution in [-0.2, 0) is 4.79 Å². The first-order chi connectivity index (χ1) is 9.63. The van der Waals surface area contributed by atoms with E-state index in [1.165, 1.54) is 5.56 Å². The molecule has 0 saturated heterocycles. The van der Waals surface area contributed by atoms with Crippen LogP contribution in [0.5, 0.6) is 5.75 Å². The van der Waals surface area contributed by atoms with Gasteiger partial charge in [0.15, 0.2) is 0 Å². The first-order valence-corrected chi connectivity index (χ1v) is 7.29. The molecule has 112 valence electrons. The predicted octanol–water partition coefficient (Wildman–Crippen LogP) is 3.64. The van der Waals surface area contributed by atoms with Crippen molar-refractivity contribution in [2.75, 3.05) is 6.61 Å². The Morgan fingerprint density at radius 1 is 1.25 bits per heavy atom. The highest BCUT2D eigenvalue weighted by atomic mass is 16.5. The zero-order chi connectivity index (χ0) is 14.8. The lowest BCUT2D eigenvalue weighted by atomic mass is 10.0. The Labute approximate surface area is 121 Å². The summed E-state index contributed by atoms with van der Waals surface area (Å²) in [6.45, 7) is 5.04. The van der Waals surface area contributed by atoms with Gasteiger partial charge in [-0.1, -0.05) is 38.8 Å². The molecule has 0 fully saturated rings. The highest BCUT2D eigenvalue weighted by Gasteiger charge is 2.01. The topological polar surface area (TPSA) is 58.6 Å². The molecule has 0 bridgehead atoms. The average molecular weight is 279 g/mol. The highest BCUT2D eigenvalue weighted by Crippen LogP contribution is 2.20. The van der Waals surface area contributed by atoms with Crippen molar-refractivity contribution < 1.29 is 14.7 Å². The number of amides is 1. The quantitative estimate of drug-likeness (QED) is 0.412. The van der Waals surface area contributed by atoms with Gasteiger partial charge in [-0.25, -0.2) is 5.48 Å². The summed E-state index contributed by atoms with van der Waals surface area (Å²) in [5, 5.41) is 8.34. The molecule has 20 heavy (non-hydrogen) atoms. The van der Waals surface area contributed by atoms with Gasteiger partial charge in [0.05, 0.1) is 6.61 Å². The summed E-state index contributed by atoms with van der Waals surface area (Å²) < 4.78 is 5.73. The maximum Gasteiger partial charge on any atom is 0.243 e. The van der Waals surface area contributed by atoms with E-state index in [0.29, 0.717) is 18.9 Å². The predicted molar refractivity (Wildman–Crippen MR) is 79.0 cm³/mol. The molecule has 0 aliphatic heterocycles. The number of nitrogens with one attached hydrogen (secondary N) is 1. The van der Waals surface area contributed by atoms with E-state index in [1.807, 2.05) is 12.1 Å². The first kappa shape index (κ1) is 16.5. The van der Waals surface area contributed by atoms with E-state index in [9.17, 15) is 4.79 Å². The van der Waals surface area contributed by atoms with Gasteiger partial charge in [0.2, 0.25) is 5.91 Å². The largest absolute Gasteiger partial charge is 0.494 e. The van der Waals surface area contributed by atoms with Crippen molar-refractivity contribution in [3.05, 3.63) is 29.8 Å². The van der Waals surface area contributed by atoms with Crippen LogP contribution < -0.4 is 10.2 Å². The molecule has 2 N–H and O–H groups in total. The van der Waals surface area contributed by atoms with Crippen molar-refractivity contribution in [1.29, 1.82) is 0 Å². The summed E-state index contributed by atoms with van der Waals surface area (Å²) in [5.41, 5.74) is 2.93. The van der Waals surface area contributed by atoms with Crippen LogP contribution in [0.25, 0.3) is 0 Å². The second-order valence-corrected chi connectivity index (χ2v) is 5.27. The van der Waals surface area contributed by atoms with Crippen LogP contribution >= 0.6 is 0 Å². The van der Waals surface area contributed by atoms with Gasteiger partial charge in [-0.15, -0.1) is 0 Å². The summed E-state index contributed by atoms with van der Waals surface area (Å²) in [6, 6.07) is 8.22. The molecule has 1 aromatic rings. The summed E-state index contributed by atoms with van der Waals surface area (Å²) in [5.74, 6) is 1.12. The smallest absolute Gasteiger partial charge is 0.243 e. The Morgan fingerprint density at radius 3 is 2.70 bits per heavy atom. The van der Waals surface area contributed by atoms with E-state index in [1.54, 1.807) is 5.48 Å². The van der Waals surface area contributed by atoms with E-state index in [2.05, 4.69) is 26.0 Å². The van der Waals surface area contributed by atoms with Gasteiger partial charge >= 0.3 is 0 Å². The molecule has 0 atom stereocenters. The van der Waals surface area contributed by atoms with E-state index in [-0.39, 0.29) is 5.91 Å². The number of rotatable bonds is 9. The Bertz CT molecular complexity index is 404. The second kappa shape index (κ2) is 9.37. The van der Waals surface area contributed by atoms with Crippen LogP contribution in [0.3, 0.4) is 0 Å². The molecule has 1 rings (SSSR count). The fourth-order valence-corrected chi connectivity index (χ4v) is 1.95. The minimum absolute atomic E-state index is 0.313. The molecule has 1 aromatic carbocycles. The van der Waals surface area contributed by atoms with Crippen LogP contribution in [0.15, 0.2) is 24.3 Å². The minimum Gasteiger partial charge on any atom is -0.494 e. The van der Waals surface area contributed by atoms with Crippen molar-refractivity contribution in [1.82, 2.24) is 5.48 Å². The van der Waals surface area contributed by atoms with Crippen molar-refractivity contribution in [3.8, 4) is 5.75 Å². The van der Waals surface area contributed by atoms with Gasteiger partial charge in [0.25, 0.3) is 0 Å².